The van der Waals surface area contributed by atoms with Crippen LogP contribution in [0.3, 0.4) is 0 Å². The zero-order valence-electron chi connectivity index (χ0n) is 5.59. The van der Waals surface area contributed by atoms with Crippen LogP contribution in [-0.4, -0.2) is 2.78 Å². The molecule has 1 aromatic carbocycles. The van der Waals surface area contributed by atoms with Crippen molar-refractivity contribution in [1.82, 2.24) is 2.78 Å². The van der Waals surface area contributed by atoms with E-state index in [1.165, 1.54) is 14.3 Å². The lowest BCUT2D eigenvalue weighted by atomic mass is 10.2. The third-order valence-corrected chi connectivity index (χ3v) is 3.10. The number of hydrogen-bond donors (Lipinski definition) is 0. The van der Waals surface area contributed by atoms with Gasteiger partial charge in [0.25, 0.3) is 0 Å². The molecule has 0 aliphatic carbocycles. The van der Waals surface area contributed by atoms with Gasteiger partial charge in [0.05, 0.1) is 22.9 Å². The van der Waals surface area contributed by atoms with Crippen molar-refractivity contribution in [3.05, 3.63) is 34.2 Å². The molecule has 2 aromatic rings. The Labute approximate surface area is 92.4 Å². The maximum Gasteiger partial charge on any atom is 0.0634 e. The Hall–Kier alpha value is 0.220. The molecule has 11 heavy (non-hydrogen) atoms. The molecule has 0 saturated carbocycles. The predicted octanol–water partition coefficient (Wildman–Crippen LogP) is 3.44. The topological polar surface area (TPSA) is 4.93 Å². The Morgan fingerprint density at radius 2 is 2.00 bits per heavy atom. The van der Waals surface area contributed by atoms with Crippen molar-refractivity contribution < 1.29 is 0 Å². The molecule has 0 bridgehead atoms. The largest absolute Gasteiger partial charge is 0.296 e. The van der Waals surface area contributed by atoms with E-state index in [-0.39, 0.29) is 0 Å². The van der Waals surface area contributed by atoms with Crippen LogP contribution in [0.5, 0.6) is 0 Å². The van der Waals surface area contributed by atoms with Gasteiger partial charge in [0, 0.05) is 26.7 Å². The zero-order chi connectivity index (χ0) is 7.84. The van der Waals surface area contributed by atoms with Gasteiger partial charge in [-0.05, 0) is 28.7 Å². The molecule has 0 saturated heterocycles. The molecule has 0 spiro atoms. The first-order chi connectivity index (χ1) is 5.27. The first-order valence-electron chi connectivity index (χ1n) is 3.20. The molecule has 0 radical (unpaired) electrons. The normalized spacial score (nSPS) is 10.7. The highest BCUT2D eigenvalue weighted by Gasteiger charge is 1.98. The van der Waals surface area contributed by atoms with Crippen LogP contribution in [0.2, 0.25) is 0 Å². The molecular weight excluding hydrogens is 364 g/mol. The van der Waals surface area contributed by atoms with E-state index >= 15 is 0 Å². The van der Waals surface area contributed by atoms with Gasteiger partial charge in [0.1, 0.15) is 0 Å². The van der Waals surface area contributed by atoms with Gasteiger partial charge in [-0.15, -0.1) is 0 Å². The van der Waals surface area contributed by atoms with Gasteiger partial charge in [0.2, 0.25) is 0 Å². The summed E-state index contributed by atoms with van der Waals surface area (Å²) in [5.41, 5.74) is 0. The molecule has 1 nitrogen and oxygen atoms in total. The summed E-state index contributed by atoms with van der Waals surface area (Å²) in [6.07, 6.45) is 4.26. The second kappa shape index (κ2) is 2.93. The van der Waals surface area contributed by atoms with E-state index in [1.54, 1.807) is 0 Å². The molecule has 0 amide bonds. The van der Waals surface area contributed by atoms with E-state index in [9.17, 15) is 0 Å². The third kappa shape index (κ3) is 1.40. The quantitative estimate of drug-likeness (QED) is 0.628. The summed E-state index contributed by atoms with van der Waals surface area (Å²) in [5, 5.41) is 2.65. The van der Waals surface area contributed by atoms with Gasteiger partial charge in [-0.3, -0.25) is 2.78 Å². The van der Waals surface area contributed by atoms with Crippen LogP contribution in [0.1, 0.15) is 0 Å². The first kappa shape index (κ1) is 7.85. The van der Waals surface area contributed by atoms with Crippen molar-refractivity contribution in [2.24, 2.45) is 0 Å². The molecular formula is C8H5I2N. The van der Waals surface area contributed by atoms with Gasteiger partial charge in [0.15, 0.2) is 0 Å². The van der Waals surface area contributed by atoms with Crippen molar-refractivity contribution >= 4 is 56.2 Å². The Kier molecular flexibility index (Phi) is 2.09. The van der Waals surface area contributed by atoms with Gasteiger partial charge in [-0.2, -0.15) is 0 Å². The summed E-state index contributed by atoms with van der Waals surface area (Å²) in [7, 11) is 0. The lowest BCUT2D eigenvalue weighted by Crippen LogP contribution is -1.68. The van der Waals surface area contributed by atoms with Crippen LogP contribution in [0, 0.1) is 3.57 Å². The second-order valence-corrected chi connectivity index (χ2v) is 4.62. The fourth-order valence-electron chi connectivity index (χ4n) is 1.10. The number of benzene rings is 1. The van der Waals surface area contributed by atoms with Crippen molar-refractivity contribution in [1.29, 1.82) is 0 Å². The van der Waals surface area contributed by atoms with Crippen molar-refractivity contribution in [2.45, 2.75) is 0 Å². The number of nitrogens with zero attached hydrogens (tertiary/aromatic N) is 1. The summed E-state index contributed by atoms with van der Waals surface area (Å²) < 4.78 is 3.38. The van der Waals surface area contributed by atoms with E-state index in [0.717, 1.165) is 0 Å². The number of halogens is 2. The molecule has 2 rings (SSSR count). The Balaban J connectivity index is 2.90. The maximum atomic E-state index is 2.35. The molecule has 1 heterocycles. The maximum absolute atomic E-state index is 2.35. The highest BCUT2D eigenvalue weighted by Crippen LogP contribution is 2.22. The van der Waals surface area contributed by atoms with Crippen LogP contribution in [0.15, 0.2) is 30.6 Å². The SMILES string of the molecule is Ic1cccc2cn(I)cc12. The standard InChI is InChI=1S/C8H5I2N/c9-8-3-1-2-6-4-11(10)5-7(6)8/h1-5H. The molecule has 0 aliphatic rings. The predicted molar refractivity (Wildman–Crippen MR) is 64.1 cm³/mol. The van der Waals surface area contributed by atoms with Crippen LogP contribution in [0.25, 0.3) is 10.8 Å². The molecule has 0 aliphatic heterocycles. The molecule has 0 N–H and O–H groups in total. The van der Waals surface area contributed by atoms with Gasteiger partial charge < -0.3 is 0 Å². The summed E-state index contributed by atoms with van der Waals surface area (Å²) in [6, 6.07) is 6.34. The summed E-state index contributed by atoms with van der Waals surface area (Å²) in [5.74, 6) is 0. The Morgan fingerprint density at radius 1 is 1.18 bits per heavy atom. The van der Waals surface area contributed by atoms with Crippen LogP contribution >= 0.6 is 45.5 Å². The smallest absolute Gasteiger partial charge is 0.0634 e. The zero-order valence-corrected chi connectivity index (χ0v) is 9.90. The molecule has 3 heteroatoms. The van der Waals surface area contributed by atoms with Crippen LogP contribution in [-0.2, 0) is 0 Å². The minimum atomic E-state index is 1.31. The van der Waals surface area contributed by atoms with E-state index in [2.05, 4.69) is 78.8 Å². The molecule has 0 unspecified atom stereocenters. The fourth-order valence-corrected chi connectivity index (χ4v) is 2.33. The van der Waals surface area contributed by atoms with Gasteiger partial charge in [-0.25, -0.2) is 0 Å². The fraction of sp³-hybridized carbons (Fsp3) is 0. The van der Waals surface area contributed by atoms with Crippen molar-refractivity contribution in [2.75, 3.05) is 0 Å². The average molecular weight is 369 g/mol. The first-order valence-corrected chi connectivity index (χ1v) is 5.24. The van der Waals surface area contributed by atoms with E-state index in [4.69, 9.17) is 0 Å². The number of aromatic nitrogens is 1. The van der Waals surface area contributed by atoms with Gasteiger partial charge in [-0.1, -0.05) is 12.1 Å². The lowest BCUT2D eigenvalue weighted by Gasteiger charge is -1.89. The van der Waals surface area contributed by atoms with E-state index in [0.29, 0.717) is 0 Å². The van der Waals surface area contributed by atoms with Crippen molar-refractivity contribution in [3.8, 4) is 0 Å². The molecule has 56 valence electrons. The second-order valence-electron chi connectivity index (χ2n) is 2.35. The molecule has 0 fully saturated rings. The number of fused-ring (bicyclic) bond motifs is 1. The van der Waals surface area contributed by atoms with Crippen LogP contribution < -0.4 is 0 Å². The van der Waals surface area contributed by atoms with E-state index < -0.39 is 0 Å². The third-order valence-electron chi connectivity index (χ3n) is 1.60. The summed E-state index contributed by atoms with van der Waals surface area (Å²) in [6.45, 7) is 0. The highest BCUT2D eigenvalue weighted by atomic mass is 127. The monoisotopic (exact) mass is 369 g/mol. The number of rotatable bonds is 0. The number of hydrogen-bond acceptors (Lipinski definition) is 0. The molecule has 1 aromatic heterocycles. The minimum Gasteiger partial charge on any atom is -0.296 e. The highest BCUT2D eigenvalue weighted by molar-refractivity contribution is 14.1. The average Bonchev–Trinajstić information content (AvgIpc) is 2.31. The summed E-state index contributed by atoms with van der Waals surface area (Å²) >= 11 is 4.62. The van der Waals surface area contributed by atoms with Crippen molar-refractivity contribution in [3.63, 3.8) is 0 Å². The molecule has 0 atom stereocenters. The minimum absolute atomic E-state index is 1.31. The van der Waals surface area contributed by atoms with E-state index in [1.807, 2.05) is 0 Å². The Morgan fingerprint density at radius 3 is 2.73 bits per heavy atom. The van der Waals surface area contributed by atoms with Crippen LogP contribution in [0.4, 0.5) is 0 Å². The lowest BCUT2D eigenvalue weighted by molar-refractivity contribution is 1.37. The summed E-state index contributed by atoms with van der Waals surface area (Å²) in [4.78, 5) is 0. The van der Waals surface area contributed by atoms with Gasteiger partial charge >= 0.3 is 0 Å². The Bertz CT molecular complexity index is 392.